The molecule has 29 heavy (non-hydrogen) atoms. The third kappa shape index (κ3) is 4.01. The highest BCUT2D eigenvalue weighted by molar-refractivity contribution is 7.89. The number of H-pyrrole nitrogens is 1. The van der Waals surface area contributed by atoms with Gasteiger partial charge in [0.05, 0.1) is 17.1 Å². The number of rotatable bonds is 5. The van der Waals surface area contributed by atoms with Crippen LogP contribution < -0.4 is 5.32 Å². The number of aromatic nitrogens is 3. The number of nitrogens with one attached hydrogen (secondary N) is 2. The number of para-hydroxylation sites is 2. The van der Waals surface area contributed by atoms with Crippen LogP contribution >= 0.6 is 0 Å². The Hall–Kier alpha value is -2.78. The van der Waals surface area contributed by atoms with E-state index in [0.717, 1.165) is 11.0 Å². The summed E-state index contributed by atoms with van der Waals surface area (Å²) in [5.41, 5.74) is 1.79. The second-order valence-corrected chi connectivity index (χ2v) is 9.17. The molecule has 3 aromatic rings. The Morgan fingerprint density at radius 3 is 2.66 bits per heavy atom. The Morgan fingerprint density at radius 1 is 1.21 bits per heavy atom. The van der Waals surface area contributed by atoms with Crippen molar-refractivity contribution in [3.63, 3.8) is 0 Å². The molecule has 2 aromatic heterocycles. The second kappa shape index (κ2) is 7.92. The molecule has 0 radical (unpaired) electrons. The number of benzene rings is 1. The molecule has 2 N–H and O–H groups in total. The topological polar surface area (TPSA) is 108 Å². The van der Waals surface area contributed by atoms with Crippen molar-refractivity contribution >= 4 is 27.0 Å². The van der Waals surface area contributed by atoms with E-state index in [1.807, 2.05) is 31.2 Å². The van der Waals surface area contributed by atoms with Crippen LogP contribution in [0, 0.1) is 5.92 Å². The predicted octanol–water partition coefficient (Wildman–Crippen LogP) is 2.24. The molecule has 3 heterocycles. The van der Waals surface area contributed by atoms with Crippen molar-refractivity contribution < 1.29 is 13.2 Å². The summed E-state index contributed by atoms with van der Waals surface area (Å²) in [7, 11) is -3.57. The quantitative estimate of drug-likeness (QED) is 0.667. The van der Waals surface area contributed by atoms with Crippen LogP contribution in [0.5, 0.6) is 0 Å². The lowest BCUT2D eigenvalue weighted by Gasteiger charge is -2.31. The third-order valence-corrected chi connectivity index (χ3v) is 7.16. The lowest BCUT2D eigenvalue weighted by Crippen LogP contribution is -2.43. The van der Waals surface area contributed by atoms with Gasteiger partial charge in [-0.2, -0.15) is 4.31 Å². The second-order valence-electron chi connectivity index (χ2n) is 7.24. The summed E-state index contributed by atoms with van der Waals surface area (Å²) in [6.07, 6.45) is 3.86. The molecular weight excluding hydrogens is 390 g/mol. The zero-order valence-electron chi connectivity index (χ0n) is 16.1. The van der Waals surface area contributed by atoms with E-state index in [9.17, 15) is 13.2 Å². The number of hydrogen-bond acceptors (Lipinski definition) is 5. The monoisotopic (exact) mass is 413 g/mol. The standard InChI is InChI=1S/C20H23N5O3S/c1-14(19-23-17-6-2-3-7-18(17)24-19)22-20(26)15-8-11-25(12-9-15)29(27,28)16-5-4-10-21-13-16/h2-7,10,13-15H,8-9,11-12H2,1H3,(H,22,26)(H,23,24)/t14-/m1/s1. The fraction of sp³-hybridized carbons (Fsp3) is 0.350. The predicted molar refractivity (Wildman–Crippen MR) is 108 cm³/mol. The molecule has 1 saturated heterocycles. The molecule has 152 valence electrons. The zero-order valence-corrected chi connectivity index (χ0v) is 16.9. The summed E-state index contributed by atoms with van der Waals surface area (Å²) in [6.45, 7) is 2.51. The average Bonchev–Trinajstić information content (AvgIpc) is 3.19. The maximum atomic E-state index is 12.7. The highest BCUT2D eigenvalue weighted by atomic mass is 32.2. The molecule has 1 aliphatic heterocycles. The largest absolute Gasteiger partial charge is 0.346 e. The molecule has 9 heteroatoms. The molecule has 1 aliphatic rings. The van der Waals surface area contributed by atoms with E-state index in [0.29, 0.717) is 31.8 Å². The Bertz CT molecular complexity index is 1070. The normalized spacial score (nSPS) is 17.3. The number of piperidine rings is 1. The Morgan fingerprint density at radius 2 is 1.97 bits per heavy atom. The Kier molecular flexibility index (Phi) is 5.33. The zero-order chi connectivity index (χ0) is 20.4. The van der Waals surface area contributed by atoms with Gasteiger partial charge in [0.25, 0.3) is 0 Å². The lowest BCUT2D eigenvalue weighted by atomic mass is 9.97. The van der Waals surface area contributed by atoms with Gasteiger partial charge in [0.1, 0.15) is 10.7 Å². The van der Waals surface area contributed by atoms with Gasteiger partial charge in [-0.1, -0.05) is 12.1 Å². The number of aromatic amines is 1. The number of amides is 1. The number of carbonyl (C=O) groups excluding carboxylic acids is 1. The van der Waals surface area contributed by atoms with Crippen LogP contribution in [-0.2, 0) is 14.8 Å². The maximum Gasteiger partial charge on any atom is 0.244 e. The molecular formula is C20H23N5O3S. The first-order chi connectivity index (χ1) is 13.9. The van der Waals surface area contributed by atoms with E-state index >= 15 is 0 Å². The van der Waals surface area contributed by atoms with Gasteiger partial charge in [0, 0.05) is 31.4 Å². The van der Waals surface area contributed by atoms with Crippen molar-refractivity contribution in [2.24, 2.45) is 5.92 Å². The van der Waals surface area contributed by atoms with Crippen LogP contribution in [-0.4, -0.2) is 46.7 Å². The van der Waals surface area contributed by atoms with Crippen LogP contribution in [0.2, 0.25) is 0 Å². The number of sulfonamides is 1. The number of carbonyl (C=O) groups is 1. The minimum Gasteiger partial charge on any atom is -0.346 e. The van der Waals surface area contributed by atoms with Crippen LogP contribution in [0.1, 0.15) is 31.6 Å². The maximum absolute atomic E-state index is 12.7. The lowest BCUT2D eigenvalue weighted by molar-refractivity contribution is -0.126. The van der Waals surface area contributed by atoms with Crippen LogP contribution in [0.25, 0.3) is 11.0 Å². The summed E-state index contributed by atoms with van der Waals surface area (Å²) in [5, 5.41) is 3.00. The number of pyridine rings is 1. The van der Waals surface area contributed by atoms with E-state index in [1.165, 1.54) is 16.6 Å². The first-order valence-electron chi connectivity index (χ1n) is 9.60. The van der Waals surface area contributed by atoms with E-state index in [4.69, 9.17) is 0 Å². The summed E-state index contributed by atoms with van der Waals surface area (Å²) in [4.78, 5) is 24.5. The third-order valence-electron chi connectivity index (χ3n) is 5.27. The van der Waals surface area contributed by atoms with Crippen molar-refractivity contribution in [2.45, 2.75) is 30.7 Å². The number of hydrogen-bond donors (Lipinski definition) is 2. The molecule has 4 rings (SSSR count). The molecule has 1 aromatic carbocycles. The Labute approximate surface area is 169 Å². The molecule has 1 amide bonds. The fourth-order valence-electron chi connectivity index (χ4n) is 3.58. The number of imidazole rings is 1. The van der Waals surface area contributed by atoms with E-state index in [2.05, 4.69) is 20.3 Å². The van der Waals surface area contributed by atoms with Crippen molar-refractivity contribution in [1.82, 2.24) is 24.6 Å². The minimum atomic E-state index is -3.57. The van der Waals surface area contributed by atoms with Gasteiger partial charge < -0.3 is 10.3 Å². The van der Waals surface area contributed by atoms with Gasteiger partial charge in [-0.25, -0.2) is 13.4 Å². The highest BCUT2D eigenvalue weighted by Crippen LogP contribution is 2.24. The minimum absolute atomic E-state index is 0.0728. The van der Waals surface area contributed by atoms with E-state index in [1.54, 1.807) is 12.3 Å². The van der Waals surface area contributed by atoms with Crippen LogP contribution in [0.4, 0.5) is 0 Å². The van der Waals surface area contributed by atoms with Crippen molar-refractivity contribution in [1.29, 1.82) is 0 Å². The van der Waals surface area contributed by atoms with Gasteiger partial charge in [-0.05, 0) is 44.0 Å². The van der Waals surface area contributed by atoms with Crippen molar-refractivity contribution in [3.8, 4) is 0 Å². The molecule has 0 unspecified atom stereocenters. The number of fused-ring (bicyclic) bond motifs is 1. The Balaban J connectivity index is 1.36. The molecule has 0 bridgehead atoms. The summed E-state index contributed by atoms with van der Waals surface area (Å²) in [5.74, 6) is 0.412. The van der Waals surface area contributed by atoms with Crippen LogP contribution in [0.3, 0.4) is 0 Å². The first-order valence-corrected chi connectivity index (χ1v) is 11.0. The van der Waals surface area contributed by atoms with Crippen LogP contribution in [0.15, 0.2) is 53.7 Å². The molecule has 1 fully saturated rings. The molecule has 0 saturated carbocycles. The van der Waals surface area contributed by atoms with E-state index < -0.39 is 10.0 Å². The smallest absolute Gasteiger partial charge is 0.244 e. The highest BCUT2D eigenvalue weighted by Gasteiger charge is 2.32. The van der Waals surface area contributed by atoms with E-state index in [-0.39, 0.29) is 22.8 Å². The summed E-state index contributed by atoms with van der Waals surface area (Å²) < 4.78 is 26.8. The van der Waals surface area contributed by atoms with Crippen molar-refractivity contribution in [2.75, 3.05) is 13.1 Å². The SMILES string of the molecule is C[C@@H](NC(=O)C1CCN(S(=O)(=O)c2cccnc2)CC1)c1nc2ccccc2[nH]1. The van der Waals surface area contributed by atoms with Gasteiger partial charge in [-0.15, -0.1) is 0 Å². The van der Waals surface area contributed by atoms with Crippen molar-refractivity contribution in [3.05, 3.63) is 54.6 Å². The summed E-state index contributed by atoms with van der Waals surface area (Å²) >= 11 is 0. The van der Waals surface area contributed by atoms with Gasteiger partial charge in [0.15, 0.2) is 0 Å². The average molecular weight is 414 g/mol. The van der Waals surface area contributed by atoms with Gasteiger partial charge in [0.2, 0.25) is 15.9 Å². The summed E-state index contributed by atoms with van der Waals surface area (Å²) in [6, 6.07) is 10.6. The fourth-order valence-corrected chi connectivity index (χ4v) is 5.02. The van der Waals surface area contributed by atoms with Gasteiger partial charge >= 0.3 is 0 Å². The first kappa shape index (κ1) is 19.5. The molecule has 0 spiro atoms. The molecule has 1 atom stereocenters. The number of nitrogens with zero attached hydrogens (tertiary/aromatic N) is 3. The molecule has 0 aliphatic carbocycles. The molecule has 8 nitrogen and oxygen atoms in total. The van der Waals surface area contributed by atoms with Gasteiger partial charge in [-0.3, -0.25) is 9.78 Å².